The molecule has 0 radical (unpaired) electrons. The number of aliphatic hydroxyl groups excluding tert-OH is 1. The van der Waals surface area contributed by atoms with Crippen LogP contribution in [0, 0.1) is 20.8 Å². The fourth-order valence-electron chi connectivity index (χ4n) is 2.76. The number of aryl methyl sites for hydroxylation is 2. The van der Waals surface area contributed by atoms with Crippen LogP contribution in [-0.4, -0.2) is 11.7 Å². The molecule has 3 nitrogen and oxygen atoms in total. The first-order valence-corrected chi connectivity index (χ1v) is 6.58. The molecule has 0 saturated heterocycles. The van der Waals surface area contributed by atoms with Gasteiger partial charge in [0.05, 0.1) is 6.61 Å². The van der Waals surface area contributed by atoms with Gasteiger partial charge in [-0.15, -0.1) is 0 Å². The maximum absolute atomic E-state index is 10.6. The number of aliphatic hydroxyl groups is 1. The SMILES string of the molecule is Cc1oc(C)c(C(O)c2ccc3c(c2)CCO3)c1C. The zero-order valence-corrected chi connectivity index (χ0v) is 11.5. The van der Waals surface area contributed by atoms with Crippen LogP contribution in [0.25, 0.3) is 0 Å². The van der Waals surface area contributed by atoms with Crippen LogP contribution >= 0.6 is 0 Å². The van der Waals surface area contributed by atoms with E-state index in [1.165, 1.54) is 5.56 Å². The van der Waals surface area contributed by atoms with Gasteiger partial charge < -0.3 is 14.3 Å². The largest absolute Gasteiger partial charge is 0.493 e. The molecule has 0 fully saturated rings. The van der Waals surface area contributed by atoms with Crippen molar-refractivity contribution >= 4 is 0 Å². The van der Waals surface area contributed by atoms with Gasteiger partial charge in [0, 0.05) is 12.0 Å². The quantitative estimate of drug-likeness (QED) is 0.899. The zero-order chi connectivity index (χ0) is 13.6. The molecule has 19 heavy (non-hydrogen) atoms. The van der Waals surface area contributed by atoms with Gasteiger partial charge in [0.1, 0.15) is 23.4 Å². The van der Waals surface area contributed by atoms with E-state index in [-0.39, 0.29) is 0 Å². The highest BCUT2D eigenvalue weighted by molar-refractivity contribution is 5.45. The molecular weight excluding hydrogens is 240 g/mol. The number of fused-ring (bicyclic) bond motifs is 1. The van der Waals surface area contributed by atoms with Crippen molar-refractivity contribution in [2.24, 2.45) is 0 Å². The van der Waals surface area contributed by atoms with Gasteiger partial charge in [-0.2, -0.15) is 0 Å². The van der Waals surface area contributed by atoms with Crippen LogP contribution in [0.3, 0.4) is 0 Å². The Hall–Kier alpha value is -1.74. The molecule has 1 N–H and O–H groups in total. The summed E-state index contributed by atoms with van der Waals surface area (Å²) in [7, 11) is 0. The fraction of sp³-hybridized carbons (Fsp3) is 0.375. The highest BCUT2D eigenvalue weighted by Crippen LogP contribution is 2.34. The average molecular weight is 258 g/mol. The van der Waals surface area contributed by atoms with Crippen molar-refractivity contribution in [2.75, 3.05) is 6.61 Å². The number of hydrogen-bond donors (Lipinski definition) is 1. The van der Waals surface area contributed by atoms with Crippen LogP contribution in [0.4, 0.5) is 0 Å². The van der Waals surface area contributed by atoms with Gasteiger partial charge in [0.25, 0.3) is 0 Å². The fourth-order valence-corrected chi connectivity index (χ4v) is 2.76. The van der Waals surface area contributed by atoms with E-state index in [9.17, 15) is 5.11 Å². The Morgan fingerprint density at radius 1 is 1.16 bits per heavy atom. The Kier molecular flexibility index (Phi) is 2.86. The molecule has 1 aliphatic rings. The average Bonchev–Trinajstić information content (AvgIpc) is 2.94. The van der Waals surface area contributed by atoms with E-state index >= 15 is 0 Å². The molecule has 1 atom stereocenters. The van der Waals surface area contributed by atoms with Crippen LogP contribution in [0.5, 0.6) is 5.75 Å². The van der Waals surface area contributed by atoms with Crippen molar-refractivity contribution in [3.05, 3.63) is 52.0 Å². The van der Waals surface area contributed by atoms with Gasteiger partial charge in [-0.25, -0.2) is 0 Å². The lowest BCUT2D eigenvalue weighted by molar-refractivity contribution is 0.217. The van der Waals surface area contributed by atoms with E-state index in [1.807, 2.05) is 39.0 Å². The van der Waals surface area contributed by atoms with Crippen LogP contribution in [0.15, 0.2) is 22.6 Å². The standard InChI is InChI=1S/C16H18O3/c1-9-10(2)19-11(3)15(9)16(17)13-4-5-14-12(8-13)6-7-18-14/h4-5,8,16-17H,6-7H2,1-3H3. The number of rotatable bonds is 2. The second-order valence-corrected chi connectivity index (χ2v) is 5.12. The summed E-state index contributed by atoms with van der Waals surface area (Å²) in [5.41, 5.74) is 3.99. The Labute approximate surface area is 112 Å². The van der Waals surface area contributed by atoms with Gasteiger partial charge in [-0.1, -0.05) is 6.07 Å². The Bertz CT molecular complexity index is 625. The smallest absolute Gasteiger partial charge is 0.122 e. The van der Waals surface area contributed by atoms with Gasteiger partial charge in [0.15, 0.2) is 0 Å². The molecule has 2 aromatic rings. The van der Waals surface area contributed by atoms with Gasteiger partial charge in [0.2, 0.25) is 0 Å². The molecule has 0 saturated carbocycles. The van der Waals surface area contributed by atoms with E-state index in [2.05, 4.69) is 0 Å². The second-order valence-electron chi connectivity index (χ2n) is 5.12. The summed E-state index contributed by atoms with van der Waals surface area (Å²) in [5, 5.41) is 10.6. The van der Waals surface area contributed by atoms with Gasteiger partial charge in [-0.05, 0) is 49.6 Å². The topological polar surface area (TPSA) is 42.6 Å². The molecule has 3 rings (SSSR count). The first-order chi connectivity index (χ1) is 9.08. The van der Waals surface area contributed by atoms with Crippen molar-refractivity contribution < 1.29 is 14.3 Å². The molecule has 1 aliphatic heterocycles. The molecule has 0 spiro atoms. The predicted molar refractivity (Wildman–Crippen MR) is 72.6 cm³/mol. The molecule has 1 unspecified atom stereocenters. The number of ether oxygens (including phenoxy) is 1. The molecule has 0 bridgehead atoms. The summed E-state index contributed by atoms with van der Waals surface area (Å²) in [4.78, 5) is 0. The number of furan rings is 1. The van der Waals surface area contributed by atoms with E-state index in [1.54, 1.807) is 0 Å². The van der Waals surface area contributed by atoms with Gasteiger partial charge >= 0.3 is 0 Å². The lowest BCUT2D eigenvalue weighted by atomic mass is 9.96. The molecule has 0 aliphatic carbocycles. The summed E-state index contributed by atoms with van der Waals surface area (Å²) >= 11 is 0. The van der Waals surface area contributed by atoms with Crippen molar-refractivity contribution in [1.29, 1.82) is 0 Å². The minimum absolute atomic E-state index is 0.636. The summed E-state index contributed by atoms with van der Waals surface area (Å²) in [6.07, 6.45) is 0.279. The monoisotopic (exact) mass is 258 g/mol. The molecule has 0 amide bonds. The van der Waals surface area contributed by atoms with E-state index in [0.717, 1.165) is 47.0 Å². The summed E-state index contributed by atoms with van der Waals surface area (Å²) in [6.45, 7) is 6.54. The maximum Gasteiger partial charge on any atom is 0.122 e. The Morgan fingerprint density at radius 3 is 2.63 bits per heavy atom. The van der Waals surface area contributed by atoms with Crippen molar-refractivity contribution in [1.82, 2.24) is 0 Å². The van der Waals surface area contributed by atoms with Crippen molar-refractivity contribution in [2.45, 2.75) is 33.3 Å². The van der Waals surface area contributed by atoms with E-state index in [4.69, 9.17) is 9.15 Å². The number of hydrogen-bond acceptors (Lipinski definition) is 3. The third kappa shape index (κ3) is 1.94. The summed E-state index contributed by atoms with van der Waals surface area (Å²) in [6, 6.07) is 5.91. The molecule has 1 aromatic heterocycles. The van der Waals surface area contributed by atoms with Crippen molar-refractivity contribution in [3.8, 4) is 5.75 Å². The Balaban J connectivity index is 2.02. The highest BCUT2D eigenvalue weighted by Gasteiger charge is 2.22. The van der Waals surface area contributed by atoms with Crippen LogP contribution in [0.1, 0.15) is 39.9 Å². The van der Waals surface area contributed by atoms with Crippen LogP contribution < -0.4 is 4.74 Å². The zero-order valence-electron chi connectivity index (χ0n) is 11.5. The maximum atomic E-state index is 10.6. The lowest BCUT2D eigenvalue weighted by Gasteiger charge is -2.13. The third-order valence-electron chi connectivity index (χ3n) is 3.92. The Morgan fingerprint density at radius 2 is 1.95 bits per heavy atom. The second kappa shape index (κ2) is 4.42. The number of benzene rings is 1. The minimum atomic E-state index is -0.636. The minimum Gasteiger partial charge on any atom is -0.493 e. The highest BCUT2D eigenvalue weighted by atomic mass is 16.5. The van der Waals surface area contributed by atoms with Crippen LogP contribution in [0.2, 0.25) is 0 Å². The first kappa shape index (κ1) is 12.3. The third-order valence-corrected chi connectivity index (χ3v) is 3.92. The van der Waals surface area contributed by atoms with Crippen molar-refractivity contribution in [3.63, 3.8) is 0 Å². The predicted octanol–water partition coefficient (Wildman–Crippen LogP) is 3.22. The lowest BCUT2D eigenvalue weighted by Crippen LogP contribution is -2.02. The normalized spacial score (nSPS) is 15.2. The molecule has 1 aromatic carbocycles. The summed E-state index contributed by atoms with van der Waals surface area (Å²) in [5.74, 6) is 2.60. The molecule has 2 heterocycles. The molecule has 100 valence electrons. The van der Waals surface area contributed by atoms with Crippen LogP contribution in [-0.2, 0) is 6.42 Å². The van der Waals surface area contributed by atoms with E-state index < -0.39 is 6.10 Å². The summed E-state index contributed by atoms with van der Waals surface area (Å²) < 4.78 is 11.1. The first-order valence-electron chi connectivity index (χ1n) is 6.58. The van der Waals surface area contributed by atoms with E-state index in [0.29, 0.717) is 0 Å². The molecular formula is C16H18O3. The van der Waals surface area contributed by atoms with Gasteiger partial charge in [-0.3, -0.25) is 0 Å². The molecule has 3 heteroatoms.